The van der Waals surface area contributed by atoms with Crippen LogP contribution in [-0.4, -0.2) is 19.2 Å². The van der Waals surface area contributed by atoms with Gasteiger partial charge in [0, 0.05) is 17.5 Å². The van der Waals surface area contributed by atoms with Crippen LogP contribution in [0.3, 0.4) is 0 Å². The molecule has 1 aliphatic heterocycles. The Morgan fingerprint density at radius 3 is 2.85 bits per heavy atom. The Morgan fingerprint density at radius 2 is 2.20 bits per heavy atom. The van der Waals surface area contributed by atoms with Gasteiger partial charge < -0.3 is 10.1 Å². The van der Waals surface area contributed by atoms with E-state index in [1.165, 1.54) is 17.5 Å². The third kappa shape index (κ3) is 2.68. The van der Waals surface area contributed by atoms with Crippen LogP contribution in [0.4, 0.5) is 0 Å². The topological polar surface area (TPSA) is 21.3 Å². The van der Waals surface area contributed by atoms with Gasteiger partial charge in [0.15, 0.2) is 0 Å². The first-order chi connectivity index (χ1) is 9.51. The third-order valence-corrected chi connectivity index (χ3v) is 5.03. The van der Waals surface area contributed by atoms with Crippen molar-refractivity contribution in [3.05, 3.63) is 28.3 Å². The summed E-state index contributed by atoms with van der Waals surface area (Å²) in [6, 6.07) is 4.67. The molecular weight excluding hydrogens is 270 g/mol. The Bertz CT molecular complexity index is 512. The molecule has 0 saturated heterocycles. The lowest BCUT2D eigenvalue weighted by atomic mass is 9.95. The van der Waals surface area contributed by atoms with Crippen LogP contribution in [0.5, 0.6) is 5.75 Å². The van der Waals surface area contributed by atoms with Crippen LogP contribution in [0.25, 0.3) is 0 Å². The number of benzene rings is 1. The van der Waals surface area contributed by atoms with Crippen LogP contribution in [0.15, 0.2) is 12.1 Å². The number of hydrogen-bond acceptors (Lipinski definition) is 2. The van der Waals surface area contributed by atoms with Crippen molar-refractivity contribution < 1.29 is 4.74 Å². The molecule has 0 radical (unpaired) electrons. The molecule has 3 rings (SSSR count). The van der Waals surface area contributed by atoms with Gasteiger partial charge in [0.05, 0.1) is 6.61 Å². The molecule has 2 atom stereocenters. The predicted octanol–water partition coefficient (Wildman–Crippen LogP) is 3.84. The van der Waals surface area contributed by atoms with E-state index in [1.54, 1.807) is 0 Å². The zero-order chi connectivity index (χ0) is 14.3. The number of ether oxygens (including phenoxy) is 1. The zero-order valence-electron chi connectivity index (χ0n) is 12.6. The number of nitrogens with one attached hydrogen (secondary N) is 1. The lowest BCUT2D eigenvalue weighted by molar-refractivity contribution is 0.347. The minimum atomic E-state index is 0.482. The minimum absolute atomic E-state index is 0.482. The second-order valence-corrected chi connectivity index (χ2v) is 7.26. The molecule has 1 aromatic rings. The molecule has 20 heavy (non-hydrogen) atoms. The summed E-state index contributed by atoms with van der Waals surface area (Å²) in [6.07, 6.45) is 3.32. The molecule has 1 N–H and O–H groups in total. The molecule has 2 aliphatic rings. The Balaban J connectivity index is 1.82. The number of hydrogen-bond donors (Lipinski definition) is 1. The van der Waals surface area contributed by atoms with Crippen molar-refractivity contribution in [3.63, 3.8) is 0 Å². The standard InChI is InChI=1S/C17H24ClNO/c1-4-19-15(14-10-17(14,2)3)9-12-8-13(18)7-11-5-6-20-16(11)12/h7-8,14-15,19H,4-6,9-10H2,1-3H3. The Labute approximate surface area is 126 Å². The highest BCUT2D eigenvalue weighted by Gasteiger charge is 2.49. The van der Waals surface area contributed by atoms with E-state index in [4.69, 9.17) is 16.3 Å². The molecule has 0 spiro atoms. The van der Waals surface area contributed by atoms with Crippen LogP contribution in [0.2, 0.25) is 5.02 Å². The van der Waals surface area contributed by atoms with Crippen molar-refractivity contribution >= 4 is 11.6 Å². The van der Waals surface area contributed by atoms with Crippen LogP contribution < -0.4 is 10.1 Å². The molecule has 0 aromatic heterocycles. The van der Waals surface area contributed by atoms with Gasteiger partial charge in [-0.25, -0.2) is 0 Å². The summed E-state index contributed by atoms with van der Waals surface area (Å²) in [4.78, 5) is 0. The molecule has 110 valence electrons. The summed E-state index contributed by atoms with van der Waals surface area (Å²) in [5.74, 6) is 1.86. The smallest absolute Gasteiger partial charge is 0.125 e. The largest absolute Gasteiger partial charge is 0.493 e. The molecular formula is C17H24ClNO. The fourth-order valence-corrected chi connectivity index (χ4v) is 3.81. The van der Waals surface area contributed by atoms with E-state index >= 15 is 0 Å². The van der Waals surface area contributed by atoms with E-state index in [9.17, 15) is 0 Å². The highest BCUT2D eigenvalue weighted by atomic mass is 35.5. The molecule has 0 amide bonds. The van der Waals surface area contributed by atoms with E-state index in [1.807, 2.05) is 0 Å². The van der Waals surface area contributed by atoms with E-state index < -0.39 is 0 Å². The lowest BCUT2D eigenvalue weighted by Crippen LogP contribution is -2.34. The van der Waals surface area contributed by atoms with Crippen LogP contribution >= 0.6 is 11.6 Å². The maximum absolute atomic E-state index is 6.26. The number of fused-ring (bicyclic) bond motifs is 1. The van der Waals surface area contributed by atoms with Gasteiger partial charge in [-0.1, -0.05) is 32.4 Å². The highest BCUT2D eigenvalue weighted by Crippen LogP contribution is 2.54. The summed E-state index contributed by atoms with van der Waals surface area (Å²) in [6.45, 7) is 8.72. The summed E-state index contributed by atoms with van der Waals surface area (Å²) in [5, 5.41) is 4.50. The Hall–Kier alpha value is -0.730. The fraction of sp³-hybridized carbons (Fsp3) is 0.647. The van der Waals surface area contributed by atoms with Crippen molar-refractivity contribution in [2.75, 3.05) is 13.2 Å². The summed E-state index contributed by atoms with van der Waals surface area (Å²) >= 11 is 6.26. The number of likely N-dealkylation sites (N-methyl/N-ethyl adjacent to an activating group) is 1. The highest BCUT2D eigenvalue weighted by molar-refractivity contribution is 6.30. The van der Waals surface area contributed by atoms with Crippen molar-refractivity contribution in [1.29, 1.82) is 0 Å². The van der Waals surface area contributed by atoms with E-state index in [0.717, 1.165) is 42.7 Å². The Morgan fingerprint density at radius 1 is 1.45 bits per heavy atom. The SMILES string of the molecule is CCNC(Cc1cc(Cl)cc2c1OCC2)C1CC1(C)C. The van der Waals surface area contributed by atoms with Gasteiger partial charge in [0.2, 0.25) is 0 Å². The minimum Gasteiger partial charge on any atom is -0.493 e. The molecule has 1 aromatic carbocycles. The second-order valence-electron chi connectivity index (χ2n) is 6.82. The average Bonchev–Trinajstić information content (AvgIpc) is 2.81. The van der Waals surface area contributed by atoms with Gasteiger partial charge in [-0.3, -0.25) is 0 Å². The first kappa shape index (κ1) is 14.2. The molecule has 0 bridgehead atoms. The van der Waals surface area contributed by atoms with Crippen LogP contribution in [0, 0.1) is 11.3 Å². The van der Waals surface area contributed by atoms with Crippen molar-refractivity contribution in [1.82, 2.24) is 5.32 Å². The Kier molecular flexibility index (Phi) is 3.72. The van der Waals surface area contributed by atoms with Gasteiger partial charge in [0.1, 0.15) is 5.75 Å². The summed E-state index contributed by atoms with van der Waals surface area (Å²) in [7, 11) is 0. The summed E-state index contributed by atoms with van der Waals surface area (Å²) in [5.41, 5.74) is 3.03. The maximum Gasteiger partial charge on any atom is 0.125 e. The molecule has 2 nitrogen and oxygen atoms in total. The molecule has 1 heterocycles. The van der Waals surface area contributed by atoms with Gasteiger partial charge >= 0.3 is 0 Å². The molecule has 1 fully saturated rings. The van der Waals surface area contributed by atoms with Crippen molar-refractivity contribution in [2.24, 2.45) is 11.3 Å². The predicted molar refractivity (Wildman–Crippen MR) is 83.7 cm³/mol. The normalized spacial score (nSPS) is 24.1. The van der Waals surface area contributed by atoms with E-state index in [2.05, 4.69) is 38.2 Å². The molecule has 1 aliphatic carbocycles. The first-order valence-corrected chi connectivity index (χ1v) is 8.06. The number of rotatable bonds is 5. The lowest BCUT2D eigenvalue weighted by Gasteiger charge is -2.21. The second kappa shape index (κ2) is 5.23. The maximum atomic E-state index is 6.26. The molecule has 2 unspecified atom stereocenters. The fourth-order valence-electron chi connectivity index (χ4n) is 3.55. The number of halogens is 1. The molecule has 1 saturated carbocycles. The molecule has 3 heteroatoms. The monoisotopic (exact) mass is 293 g/mol. The third-order valence-electron chi connectivity index (χ3n) is 4.81. The van der Waals surface area contributed by atoms with E-state index in [-0.39, 0.29) is 0 Å². The zero-order valence-corrected chi connectivity index (χ0v) is 13.4. The van der Waals surface area contributed by atoms with Crippen molar-refractivity contribution in [3.8, 4) is 5.75 Å². The van der Waals surface area contributed by atoms with Gasteiger partial charge in [-0.05, 0) is 54.0 Å². The first-order valence-electron chi connectivity index (χ1n) is 7.68. The van der Waals surface area contributed by atoms with E-state index in [0.29, 0.717) is 11.5 Å². The summed E-state index contributed by atoms with van der Waals surface area (Å²) < 4.78 is 5.83. The quantitative estimate of drug-likeness (QED) is 0.890. The van der Waals surface area contributed by atoms with Crippen LogP contribution in [0.1, 0.15) is 38.3 Å². The van der Waals surface area contributed by atoms with Gasteiger partial charge in [-0.2, -0.15) is 0 Å². The van der Waals surface area contributed by atoms with Gasteiger partial charge in [-0.15, -0.1) is 0 Å². The average molecular weight is 294 g/mol. The van der Waals surface area contributed by atoms with Crippen LogP contribution in [-0.2, 0) is 12.8 Å². The van der Waals surface area contributed by atoms with Gasteiger partial charge in [0.25, 0.3) is 0 Å². The van der Waals surface area contributed by atoms with Crippen molar-refractivity contribution in [2.45, 2.75) is 46.1 Å².